The van der Waals surface area contributed by atoms with Crippen LogP contribution in [0.2, 0.25) is 0 Å². The van der Waals surface area contributed by atoms with Gasteiger partial charge in [0.05, 0.1) is 17.4 Å². The smallest absolute Gasteiger partial charge is 0.358 e. The van der Waals surface area contributed by atoms with Crippen LogP contribution in [0.5, 0.6) is 0 Å². The van der Waals surface area contributed by atoms with Crippen LogP contribution >= 0.6 is 11.3 Å². The molecule has 0 aliphatic heterocycles. The first kappa shape index (κ1) is 24.3. The van der Waals surface area contributed by atoms with Gasteiger partial charge < -0.3 is 4.74 Å². The van der Waals surface area contributed by atoms with Crippen molar-refractivity contribution in [1.82, 2.24) is 9.38 Å². The highest BCUT2D eigenvalue weighted by Gasteiger charge is 2.25. The van der Waals surface area contributed by atoms with Crippen LogP contribution in [0.4, 0.5) is 0 Å². The van der Waals surface area contributed by atoms with Crippen molar-refractivity contribution in [1.29, 1.82) is 0 Å². The Morgan fingerprint density at radius 2 is 2.11 bits per heavy atom. The third kappa shape index (κ3) is 6.18. The standard InChI is InChI=1S/C15H17N3O4S.C2H6.C2H4/c1-4-6-7-12(18(20)21)10(3)13-9-23-15-16-11(8-17(13)15)14(19)22-5-2;2*1-2/h4,6-10H,5H2,1-3H3;1-2H3;1-2H2/b6-4-,12-7+;;. The molecule has 2 aromatic heterocycles. The molecule has 0 fully saturated rings. The number of nitro groups is 1. The summed E-state index contributed by atoms with van der Waals surface area (Å²) in [6.07, 6.45) is 6.41. The van der Waals surface area contributed by atoms with Gasteiger partial charge in [-0.2, -0.15) is 0 Å². The van der Waals surface area contributed by atoms with E-state index in [2.05, 4.69) is 18.1 Å². The predicted molar refractivity (Wildman–Crippen MR) is 110 cm³/mol. The number of esters is 1. The van der Waals surface area contributed by atoms with Gasteiger partial charge in [-0.25, -0.2) is 9.78 Å². The maximum atomic E-state index is 11.8. The number of thiazole rings is 1. The van der Waals surface area contributed by atoms with Crippen LogP contribution in [0.3, 0.4) is 0 Å². The Morgan fingerprint density at radius 3 is 2.63 bits per heavy atom. The van der Waals surface area contributed by atoms with Gasteiger partial charge in [0.1, 0.15) is 0 Å². The van der Waals surface area contributed by atoms with Crippen molar-refractivity contribution in [3.63, 3.8) is 0 Å². The molecule has 8 heteroatoms. The normalized spacial score (nSPS) is 12.0. The molecule has 27 heavy (non-hydrogen) atoms. The molecule has 1 atom stereocenters. The van der Waals surface area contributed by atoms with E-state index < -0.39 is 16.8 Å². The zero-order valence-corrected chi connectivity index (χ0v) is 17.3. The number of carbonyl (C=O) groups is 1. The summed E-state index contributed by atoms with van der Waals surface area (Å²) in [5, 5.41) is 13.1. The first-order valence-corrected chi connectivity index (χ1v) is 9.48. The number of nitrogens with zero attached hydrogens (tertiary/aromatic N) is 3. The summed E-state index contributed by atoms with van der Waals surface area (Å²) in [7, 11) is 0. The molecule has 0 saturated carbocycles. The fourth-order valence-corrected chi connectivity index (χ4v) is 3.09. The number of carbonyl (C=O) groups excluding carboxylic acids is 1. The van der Waals surface area contributed by atoms with Crippen LogP contribution in [-0.4, -0.2) is 26.9 Å². The van der Waals surface area contributed by atoms with Crippen molar-refractivity contribution in [2.45, 2.75) is 40.5 Å². The molecule has 0 radical (unpaired) electrons. The average Bonchev–Trinajstić information content (AvgIpc) is 3.26. The zero-order valence-electron chi connectivity index (χ0n) is 16.5. The minimum absolute atomic E-state index is 0.0779. The molecule has 2 heterocycles. The number of imidazole rings is 1. The SMILES string of the molecule is C/C=C\C=C(/C(C)c1csc2nc(C(=O)OCC)cn12)[N+](=O)[O-].C=C.CC. The van der Waals surface area contributed by atoms with E-state index in [1.807, 2.05) is 19.2 Å². The van der Waals surface area contributed by atoms with Crippen LogP contribution in [0, 0.1) is 10.1 Å². The fourth-order valence-electron chi connectivity index (χ4n) is 2.12. The van der Waals surface area contributed by atoms with Gasteiger partial charge in [-0.05, 0) is 20.8 Å². The Labute approximate surface area is 163 Å². The number of rotatable bonds is 6. The van der Waals surface area contributed by atoms with Crippen molar-refractivity contribution in [3.05, 3.63) is 70.2 Å². The molecular formula is C19H27N3O4S. The number of fused-ring (bicyclic) bond motifs is 1. The minimum Gasteiger partial charge on any atom is -0.461 e. The topological polar surface area (TPSA) is 86.7 Å². The Hall–Kier alpha value is -2.74. The largest absolute Gasteiger partial charge is 0.461 e. The number of hydrogen-bond acceptors (Lipinski definition) is 6. The fraction of sp³-hybridized carbons (Fsp3) is 0.368. The Kier molecular flexibility index (Phi) is 11.3. The highest BCUT2D eigenvalue weighted by Crippen LogP contribution is 2.29. The summed E-state index contributed by atoms with van der Waals surface area (Å²) in [6, 6.07) is 0. The molecule has 0 amide bonds. The van der Waals surface area contributed by atoms with Gasteiger partial charge in [-0.1, -0.05) is 26.0 Å². The van der Waals surface area contributed by atoms with Gasteiger partial charge in [0.2, 0.25) is 0 Å². The van der Waals surface area contributed by atoms with Crippen LogP contribution in [0.25, 0.3) is 4.96 Å². The zero-order chi connectivity index (χ0) is 21.0. The first-order valence-electron chi connectivity index (χ1n) is 8.60. The van der Waals surface area contributed by atoms with Crippen molar-refractivity contribution in [2.24, 2.45) is 0 Å². The third-order valence-electron chi connectivity index (χ3n) is 3.28. The summed E-state index contributed by atoms with van der Waals surface area (Å²) >= 11 is 1.33. The molecule has 0 spiro atoms. The number of hydrogen-bond donors (Lipinski definition) is 0. The lowest BCUT2D eigenvalue weighted by Gasteiger charge is -2.07. The molecule has 2 rings (SSSR count). The van der Waals surface area contributed by atoms with Gasteiger partial charge in [-0.15, -0.1) is 24.5 Å². The summed E-state index contributed by atoms with van der Waals surface area (Å²) in [6.45, 7) is 15.5. The van der Waals surface area contributed by atoms with Gasteiger partial charge in [0.15, 0.2) is 10.7 Å². The maximum absolute atomic E-state index is 11.8. The van der Waals surface area contributed by atoms with Crippen LogP contribution in [-0.2, 0) is 4.74 Å². The lowest BCUT2D eigenvalue weighted by atomic mass is 10.0. The molecule has 0 aliphatic carbocycles. The molecule has 0 N–H and O–H groups in total. The van der Waals surface area contributed by atoms with Crippen LogP contribution in [0.15, 0.2) is 48.7 Å². The summed E-state index contributed by atoms with van der Waals surface area (Å²) in [5.41, 5.74) is 0.988. The number of ether oxygens (including phenoxy) is 1. The molecule has 1 unspecified atom stereocenters. The lowest BCUT2D eigenvalue weighted by Crippen LogP contribution is -2.09. The number of aromatic nitrogens is 2. The van der Waals surface area contributed by atoms with E-state index in [0.29, 0.717) is 10.7 Å². The molecule has 0 bridgehead atoms. The lowest BCUT2D eigenvalue weighted by molar-refractivity contribution is -0.429. The summed E-state index contributed by atoms with van der Waals surface area (Å²) < 4.78 is 6.63. The summed E-state index contributed by atoms with van der Waals surface area (Å²) in [4.78, 5) is 27.5. The third-order valence-corrected chi connectivity index (χ3v) is 4.14. The van der Waals surface area contributed by atoms with E-state index in [1.54, 1.807) is 43.5 Å². The molecule has 148 valence electrons. The summed E-state index contributed by atoms with van der Waals surface area (Å²) in [5.74, 6) is -0.944. The molecule has 2 aromatic rings. The van der Waals surface area contributed by atoms with Crippen molar-refractivity contribution < 1.29 is 14.5 Å². The second-order valence-electron chi connectivity index (χ2n) is 4.76. The highest BCUT2D eigenvalue weighted by molar-refractivity contribution is 7.15. The second-order valence-corrected chi connectivity index (χ2v) is 5.59. The van der Waals surface area contributed by atoms with Gasteiger partial charge in [-0.3, -0.25) is 14.5 Å². The predicted octanol–water partition coefficient (Wildman–Crippen LogP) is 5.24. The maximum Gasteiger partial charge on any atom is 0.358 e. The Morgan fingerprint density at radius 1 is 1.48 bits per heavy atom. The van der Waals surface area contributed by atoms with E-state index in [9.17, 15) is 14.9 Å². The van der Waals surface area contributed by atoms with Gasteiger partial charge in [0, 0.05) is 23.3 Å². The molecule has 7 nitrogen and oxygen atoms in total. The minimum atomic E-state index is -0.499. The monoisotopic (exact) mass is 393 g/mol. The van der Waals surface area contributed by atoms with Gasteiger partial charge in [0.25, 0.3) is 5.70 Å². The highest BCUT2D eigenvalue weighted by atomic mass is 32.1. The van der Waals surface area contributed by atoms with E-state index in [0.717, 1.165) is 0 Å². The van der Waals surface area contributed by atoms with Crippen molar-refractivity contribution >= 4 is 22.3 Å². The van der Waals surface area contributed by atoms with E-state index in [1.165, 1.54) is 17.4 Å². The molecule has 0 aliphatic rings. The molecule has 0 saturated heterocycles. The van der Waals surface area contributed by atoms with E-state index in [-0.39, 0.29) is 18.0 Å². The average molecular weight is 394 g/mol. The van der Waals surface area contributed by atoms with Crippen LogP contribution < -0.4 is 0 Å². The van der Waals surface area contributed by atoms with Crippen LogP contribution in [0.1, 0.15) is 56.7 Å². The second kappa shape index (κ2) is 12.6. The quantitative estimate of drug-likeness (QED) is 0.220. The Balaban J connectivity index is 0.00000158. The van der Waals surface area contributed by atoms with Gasteiger partial charge >= 0.3 is 5.97 Å². The van der Waals surface area contributed by atoms with Crippen molar-refractivity contribution in [3.8, 4) is 0 Å². The number of allylic oxidation sites excluding steroid dienone is 4. The van der Waals surface area contributed by atoms with E-state index in [4.69, 9.17) is 4.74 Å². The molecule has 0 aromatic carbocycles. The van der Waals surface area contributed by atoms with E-state index >= 15 is 0 Å². The molecular weight excluding hydrogens is 366 g/mol. The van der Waals surface area contributed by atoms with Crippen molar-refractivity contribution in [2.75, 3.05) is 6.61 Å². The Bertz CT molecular complexity index is 805. The first-order chi connectivity index (χ1) is 13.0.